The summed E-state index contributed by atoms with van der Waals surface area (Å²) in [7, 11) is 0. The van der Waals surface area contributed by atoms with E-state index in [0.29, 0.717) is 25.7 Å². The second-order valence-corrected chi connectivity index (χ2v) is 9.49. The highest BCUT2D eigenvalue weighted by Crippen LogP contribution is 2.29. The SMILES string of the molecule is [N-]=[N+]=NCCCC[C@H](NC(=O)CCCN=[N+]=[N-])C(=O)NCCOCCOCCOCCOCCC(=O)Oc1c(F)c(F)c(F)c(F)c1F. The molecule has 0 unspecified atom stereocenters. The van der Waals surface area contributed by atoms with Crippen molar-refractivity contribution in [2.24, 2.45) is 10.2 Å². The fourth-order valence-corrected chi connectivity index (χ4v) is 3.59. The number of esters is 1. The molecule has 0 saturated heterocycles. The molecule has 0 aliphatic carbocycles. The summed E-state index contributed by atoms with van der Waals surface area (Å²) in [5.74, 6) is -15.1. The van der Waals surface area contributed by atoms with Crippen LogP contribution >= 0.6 is 0 Å². The number of ether oxygens (including phenoxy) is 5. The third-order valence-electron chi connectivity index (χ3n) is 5.94. The minimum atomic E-state index is -2.37. The van der Waals surface area contributed by atoms with Gasteiger partial charge in [-0.15, -0.1) is 0 Å². The molecule has 0 heterocycles. The predicted octanol–water partition coefficient (Wildman–Crippen LogP) is 3.92. The maximum absolute atomic E-state index is 13.5. The van der Waals surface area contributed by atoms with E-state index in [1.807, 2.05) is 0 Å². The van der Waals surface area contributed by atoms with Crippen LogP contribution in [0.3, 0.4) is 0 Å². The van der Waals surface area contributed by atoms with E-state index < -0.39 is 59.2 Å². The van der Waals surface area contributed by atoms with E-state index >= 15 is 0 Å². The van der Waals surface area contributed by atoms with Gasteiger partial charge in [-0.2, -0.15) is 8.78 Å². The fraction of sp³-hybridized carbons (Fsp3) is 0.667. The number of carbonyl (C=O) groups is 3. The number of amides is 2. The molecule has 1 aromatic carbocycles. The van der Waals surface area contributed by atoms with Crippen molar-refractivity contribution in [3.63, 3.8) is 0 Å². The van der Waals surface area contributed by atoms with E-state index in [2.05, 4.69) is 35.4 Å². The van der Waals surface area contributed by atoms with Crippen molar-refractivity contribution in [2.75, 3.05) is 72.5 Å². The van der Waals surface area contributed by atoms with Crippen LogP contribution in [0.25, 0.3) is 20.9 Å². The van der Waals surface area contributed by atoms with Crippen LogP contribution in [-0.4, -0.2) is 96.3 Å². The van der Waals surface area contributed by atoms with E-state index in [0.717, 1.165) is 0 Å². The second kappa shape index (κ2) is 25.8. The molecule has 0 radical (unpaired) electrons. The average molecular weight is 697 g/mol. The summed E-state index contributed by atoms with van der Waals surface area (Å²) in [4.78, 5) is 41.7. The highest BCUT2D eigenvalue weighted by atomic mass is 19.2. The van der Waals surface area contributed by atoms with Crippen molar-refractivity contribution in [1.29, 1.82) is 0 Å². The van der Waals surface area contributed by atoms with Gasteiger partial charge in [0.2, 0.25) is 46.6 Å². The molecule has 21 heteroatoms. The van der Waals surface area contributed by atoms with Gasteiger partial charge in [0, 0.05) is 35.9 Å². The predicted molar refractivity (Wildman–Crippen MR) is 156 cm³/mol. The van der Waals surface area contributed by atoms with Gasteiger partial charge in [-0.1, -0.05) is 16.6 Å². The lowest BCUT2D eigenvalue weighted by Gasteiger charge is -2.18. The first-order chi connectivity index (χ1) is 23.1. The third-order valence-corrected chi connectivity index (χ3v) is 5.94. The molecular weight excluding hydrogens is 659 g/mol. The Bertz CT molecular complexity index is 1240. The number of hydrogen-bond acceptors (Lipinski definition) is 10. The zero-order valence-electron chi connectivity index (χ0n) is 25.9. The summed E-state index contributed by atoms with van der Waals surface area (Å²) in [5, 5.41) is 12.1. The Kier molecular flexibility index (Phi) is 22.4. The number of azide groups is 2. The second-order valence-electron chi connectivity index (χ2n) is 9.49. The van der Waals surface area contributed by atoms with E-state index in [1.54, 1.807) is 0 Å². The minimum absolute atomic E-state index is 0.0301. The number of hydrogen-bond donors (Lipinski definition) is 2. The number of carbonyl (C=O) groups excluding carboxylic acids is 3. The van der Waals surface area contributed by atoms with Gasteiger partial charge in [0.15, 0.2) is 0 Å². The molecule has 2 amide bonds. The molecule has 0 aliphatic rings. The molecule has 0 saturated carbocycles. The minimum Gasteiger partial charge on any atom is -0.420 e. The van der Waals surface area contributed by atoms with Crippen molar-refractivity contribution in [2.45, 2.75) is 44.6 Å². The van der Waals surface area contributed by atoms with Crippen LogP contribution in [0.1, 0.15) is 38.5 Å². The van der Waals surface area contributed by atoms with Gasteiger partial charge in [-0.3, -0.25) is 14.4 Å². The third kappa shape index (κ3) is 17.6. The average Bonchev–Trinajstić information content (AvgIpc) is 3.07. The number of nitrogens with one attached hydrogen (secondary N) is 2. The Hall–Kier alpha value is -4.26. The number of nitrogens with zero attached hydrogens (tertiary/aromatic N) is 6. The smallest absolute Gasteiger partial charge is 0.313 e. The van der Waals surface area contributed by atoms with Crippen molar-refractivity contribution < 1.29 is 60.0 Å². The summed E-state index contributed by atoms with van der Waals surface area (Å²) in [5.41, 5.74) is 16.7. The van der Waals surface area contributed by atoms with E-state index in [9.17, 15) is 36.3 Å². The van der Waals surface area contributed by atoms with Crippen LogP contribution in [-0.2, 0) is 33.3 Å². The van der Waals surface area contributed by atoms with E-state index in [4.69, 9.17) is 30.0 Å². The number of rotatable bonds is 27. The number of benzene rings is 1. The molecule has 0 spiro atoms. The van der Waals surface area contributed by atoms with Gasteiger partial charge >= 0.3 is 5.97 Å². The van der Waals surface area contributed by atoms with Crippen molar-refractivity contribution in [3.8, 4) is 5.75 Å². The molecule has 1 aromatic rings. The van der Waals surface area contributed by atoms with Gasteiger partial charge < -0.3 is 34.3 Å². The number of halogens is 5. The zero-order valence-corrected chi connectivity index (χ0v) is 25.9. The Morgan fingerprint density at radius 1 is 0.667 bits per heavy atom. The molecule has 1 atom stereocenters. The Morgan fingerprint density at radius 3 is 1.73 bits per heavy atom. The molecule has 268 valence electrons. The standard InChI is InChI=1S/C27H37F5N8O8/c28-21-22(29)24(31)26(25(32)23(21)30)48-20(42)6-10-44-12-14-46-16-17-47-15-13-45-11-9-35-27(43)18(4-1-2-7-36-39-33)38-19(41)5-3-8-37-40-34/h18H,1-17H2,(H,35,43)(H,38,41)/t18-/m0/s1. The summed E-state index contributed by atoms with van der Waals surface area (Å²) in [6.07, 6.45) is 1.33. The van der Waals surface area contributed by atoms with Gasteiger partial charge in [0.1, 0.15) is 6.04 Å². The molecule has 1 rings (SSSR count). The lowest BCUT2D eigenvalue weighted by atomic mass is 10.1. The molecule has 0 fully saturated rings. The van der Waals surface area contributed by atoms with Gasteiger partial charge in [-0.05, 0) is 30.3 Å². The summed E-state index contributed by atoms with van der Waals surface area (Å²) >= 11 is 0. The van der Waals surface area contributed by atoms with E-state index in [-0.39, 0.29) is 84.8 Å². The zero-order chi connectivity index (χ0) is 35.6. The normalized spacial score (nSPS) is 11.3. The van der Waals surface area contributed by atoms with Gasteiger partial charge in [0.25, 0.3) is 0 Å². The van der Waals surface area contributed by atoms with Crippen LogP contribution in [0.2, 0.25) is 0 Å². The van der Waals surface area contributed by atoms with Crippen LogP contribution in [0.4, 0.5) is 22.0 Å². The van der Waals surface area contributed by atoms with Crippen molar-refractivity contribution >= 4 is 17.8 Å². The molecule has 0 aliphatic heterocycles. The largest absolute Gasteiger partial charge is 0.420 e. The molecule has 0 aromatic heterocycles. The van der Waals surface area contributed by atoms with Crippen LogP contribution < -0.4 is 15.4 Å². The molecule has 0 bridgehead atoms. The van der Waals surface area contributed by atoms with Crippen LogP contribution in [0.5, 0.6) is 5.75 Å². The summed E-state index contributed by atoms with van der Waals surface area (Å²) in [6, 6.07) is -0.794. The topological polar surface area (TPSA) is 219 Å². The lowest BCUT2D eigenvalue weighted by molar-refractivity contribution is -0.136. The highest BCUT2D eigenvalue weighted by molar-refractivity contribution is 5.87. The molecule has 48 heavy (non-hydrogen) atoms. The first-order valence-corrected chi connectivity index (χ1v) is 14.8. The van der Waals surface area contributed by atoms with Crippen molar-refractivity contribution in [1.82, 2.24) is 10.6 Å². The summed E-state index contributed by atoms with van der Waals surface area (Å²) in [6.45, 7) is 1.55. The fourth-order valence-electron chi connectivity index (χ4n) is 3.59. The molecular formula is C27H37F5N8O8. The van der Waals surface area contributed by atoms with Crippen molar-refractivity contribution in [3.05, 3.63) is 50.0 Å². The van der Waals surface area contributed by atoms with Gasteiger partial charge in [-0.25, -0.2) is 13.2 Å². The highest BCUT2D eigenvalue weighted by Gasteiger charge is 2.28. The lowest BCUT2D eigenvalue weighted by Crippen LogP contribution is -2.47. The maximum Gasteiger partial charge on any atom is 0.313 e. The molecule has 2 N–H and O–H groups in total. The summed E-state index contributed by atoms with van der Waals surface area (Å²) < 4.78 is 91.8. The van der Waals surface area contributed by atoms with Crippen LogP contribution in [0, 0.1) is 29.1 Å². The Labute approximate surface area is 271 Å². The Morgan fingerprint density at radius 2 is 1.17 bits per heavy atom. The molecule has 16 nitrogen and oxygen atoms in total. The van der Waals surface area contributed by atoms with Gasteiger partial charge in [0.05, 0.1) is 59.3 Å². The quantitative estimate of drug-likeness (QED) is 0.0158. The number of unbranched alkanes of at least 4 members (excludes halogenated alkanes) is 1. The van der Waals surface area contributed by atoms with Crippen LogP contribution in [0.15, 0.2) is 10.2 Å². The first kappa shape index (κ1) is 41.8. The monoisotopic (exact) mass is 696 g/mol. The van der Waals surface area contributed by atoms with E-state index in [1.165, 1.54) is 0 Å². The first-order valence-electron chi connectivity index (χ1n) is 14.8. The maximum atomic E-state index is 13.5. The Balaban J connectivity index is 2.11.